The van der Waals surface area contributed by atoms with Crippen LogP contribution < -0.4 is 4.90 Å². The topological polar surface area (TPSA) is 36.4 Å². The number of hydrogen-bond donors (Lipinski definition) is 0. The molecule has 2 aromatic rings. The van der Waals surface area contributed by atoms with Gasteiger partial charge in [-0.25, -0.2) is 4.39 Å². The Morgan fingerprint density at radius 1 is 1.15 bits per heavy atom. The van der Waals surface area contributed by atoms with Crippen molar-refractivity contribution >= 4 is 11.6 Å². The molecule has 0 saturated carbocycles. The summed E-state index contributed by atoms with van der Waals surface area (Å²) in [5.74, 6) is -0.120. The Labute approximate surface area is 153 Å². The highest BCUT2D eigenvalue weighted by atomic mass is 19.1. The number of rotatable bonds is 2. The zero-order valence-corrected chi connectivity index (χ0v) is 15.1. The number of hydrogen-bond acceptors (Lipinski definition) is 3. The fourth-order valence-electron chi connectivity index (χ4n) is 4.59. The second-order valence-corrected chi connectivity index (χ2v) is 7.68. The van der Waals surface area contributed by atoms with Crippen molar-refractivity contribution in [3.8, 4) is 0 Å². The van der Waals surface area contributed by atoms with E-state index in [1.807, 2.05) is 30.1 Å². The van der Waals surface area contributed by atoms with Gasteiger partial charge in [-0.05, 0) is 36.3 Å². The molecule has 2 aliphatic heterocycles. The number of aromatic nitrogens is 1. The summed E-state index contributed by atoms with van der Waals surface area (Å²) in [6, 6.07) is 11.8. The number of halogens is 1. The molecule has 2 saturated heterocycles. The maximum absolute atomic E-state index is 14.0. The van der Waals surface area contributed by atoms with Crippen molar-refractivity contribution in [3.63, 3.8) is 0 Å². The maximum Gasteiger partial charge on any atom is 0.229 e. The average Bonchev–Trinajstić information content (AvgIpc) is 2.67. The summed E-state index contributed by atoms with van der Waals surface area (Å²) in [7, 11) is 1.91. The van der Waals surface area contributed by atoms with Gasteiger partial charge in [0.05, 0.1) is 17.8 Å². The van der Waals surface area contributed by atoms with Gasteiger partial charge in [-0.3, -0.25) is 9.78 Å². The molecule has 2 fully saturated rings. The lowest BCUT2D eigenvalue weighted by Gasteiger charge is -2.49. The molecule has 4 rings (SSSR count). The van der Waals surface area contributed by atoms with Crippen molar-refractivity contribution in [1.29, 1.82) is 0 Å². The highest BCUT2D eigenvalue weighted by Gasteiger charge is 2.45. The number of anilines is 1. The molecule has 0 bridgehead atoms. The van der Waals surface area contributed by atoms with Gasteiger partial charge in [0, 0.05) is 32.9 Å². The number of likely N-dealkylation sites (tertiary alicyclic amines) is 1. The molecule has 4 nitrogen and oxygen atoms in total. The van der Waals surface area contributed by atoms with Crippen LogP contribution in [0.3, 0.4) is 0 Å². The third-order valence-corrected chi connectivity index (χ3v) is 6.00. The van der Waals surface area contributed by atoms with Crippen LogP contribution in [0.2, 0.25) is 0 Å². The van der Waals surface area contributed by atoms with E-state index in [0.29, 0.717) is 5.69 Å². The minimum absolute atomic E-state index is 0.0702. The molecule has 0 radical (unpaired) electrons. The molecular formula is C21H24FN3O. The summed E-state index contributed by atoms with van der Waals surface area (Å²) in [5.41, 5.74) is 1.85. The average molecular weight is 353 g/mol. The summed E-state index contributed by atoms with van der Waals surface area (Å²) in [5, 5.41) is 0. The number of carbonyl (C=O) groups excluding carboxylic acids is 1. The van der Waals surface area contributed by atoms with E-state index in [1.165, 1.54) is 6.20 Å². The zero-order chi connectivity index (χ0) is 18.1. The van der Waals surface area contributed by atoms with Crippen molar-refractivity contribution in [2.45, 2.75) is 25.2 Å². The Kier molecular flexibility index (Phi) is 4.39. The molecule has 0 unspecified atom stereocenters. The SMILES string of the molecule is CN1CC2(CCN(c3ccncc3F)CC2)C[C@H](c2ccccc2)C1=O. The van der Waals surface area contributed by atoms with E-state index < -0.39 is 0 Å². The van der Waals surface area contributed by atoms with Gasteiger partial charge < -0.3 is 9.80 Å². The largest absolute Gasteiger partial charge is 0.369 e. The molecule has 1 spiro atoms. The number of nitrogens with zero attached hydrogens (tertiary/aromatic N) is 3. The van der Waals surface area contributed by atoms with E-state index in [0.717, 1.165) is 44.5 Å². The molecule has 5 heteroatoms. The first-order valence-corrected chi connectivity index (χ1v) is 9.22. The molecule has 136 valence electrons. The predicted octanol–water partition coefficient (Wildman–Crippen LogP) is 3.45. The fourth-order valence-corrected chi connectivity index (χ4v) is 4.59. The van der Waals surface area contributed by atoms with Crippen molar-refractivity contribution in [1.82, 2.24) is 9.88 Å². The Morgan fingerprint density at radius 2 is 1.88 bits per heavy atom. The minimum Gasteiger partial charge on any atom is -0.369 e. The molecule has 0 N–H and O–H groups in total. The Balaban J connectivity index is 1.53. The Hall–Kier alpha value is -2.43. The molecule has 0 aliphatic carbocycles. The van der Waals surface area contributed by atoms with Crippen LogP contribution in [-0.4, -0.2) is 42.5 Å². The first kappa shape index (κ1) is 17.0. The predicted molar refractivity (Wildman–Crippen MR) is 99.5 cm³/mol. The van der Waals surface area contributed by atoms with Crippen LogP contribution in [-0.2, 0) is 4.79 Å². The molecule has 1 aromatic carbocycles. The van der Waals surface area contributed by atoms with Gasteiger partial charge in [0.15, 0.2) is 5.82 Å². The normalized spacial score (nSPS) is 22.7. The van der Waals surface area contributed by atoms with Gasteiger partial charge in [0.2, 0.25) is 5.91 Å². The van der Waals surface area contributed by atoms with Crippen LogP contribution >= 0.6 is 0 Å². The number of piperidine rings is 2. The number of likely N-dealkylation sites (N-methyl/N-ethyl adjacent to an activating group) is 1. The number of pyridine rings is 1. The van der Waals surface area contributed by atoms with Gasteiger partial charge in [-0.1, -0.05) is 30.3 Å². The molecule has 3 heterocycles. The van der Waals surface area contributed by atoms with Crippen LogP contribution in [0, 0.1) is 11.2 Å². The van der Waals surface area contributed by atoms with E-state index in [1.54, 1.807) is 12.3 Å². The molecule has 1 amide bonds. The maximum atomic E-state index is 14.0. The second-order valence-electron chi connectivity index (χ2n) is 7.68. The molecule has 2 aliphatic rings. The Bertz CT molecular complexity index is 787. The van der Waals surface area contributed by atoms with Crippen LogP contribution in [0.25, 0.3) is 0 Å². The third-order valence-electron chi connectivity index (χ3n) is 6.00. The lowest BCUT2D eigenvalue weighted by Crippen LogP contribution is -2.52. The quantitative estimate of drug-likeness (QED) is 0.830. The highest BCUT2D eigenvalue weighted by Crippen LogP contribution is 2.45. The molecular weight excluding hydrogens is 329 g/mol. The fraction of sp³-hybridized carbons (Fsp3) is 0.429. The smallest absolute Gasteiger partial charge is 0.229 e. The van der Waals surface area contributed by atoms with Crippen molar-refractivity contribution in [2.24, 2.45) is 5.41 Å². The molecule has 1 aromatic heterocycles. The van der Waals surface area contributed by atoms with Crippen LogP contribution in [0.5, 0.6) is 0 Å². The standard InChI is InChI=1S/C21H24FN3O/c1-24-15-21(13-17(20(24)26)16-5-3-2-4-6-16)8-11-25(12-9-21)19-7-10-23-14-18(19)22/h2-7,10,14,17H,8-9,11-13,15H2,1H3/t17-/m1/s1. The second kappa shape index (κ2) is 6.71. The molecule has 1 atom stereocenters. The summed E-state index contributed by atoms with van der Waals surface area (Å²) in [4.78, 5) is 20.6. The van der Waals surface area contributed by atoms with Crippen molar-refractivity contribution in [2.75, 3.05) is 31.6 Å². The summed E-state index contributed by atoms with van der Waals surface area (Å²) >= 11 is 0. The molecule has 26 heavy (non-hydrogen) atoms. The van der Waals surface area contributed by atoms with Crippen LogP contribution in [0.1, 0.15) is 30.7 Å². The van der Waals surface area contributed by atoms with E-state index in [9.17, 15) is 9.18 Å². The number of benzene rings is 1. The van der Waals surface area contributed by atoms with E-state index in [-0.39, 0.29) is 23.1 Å². The van der Waals surface area contributed by atoms with Gasteiger partial charge >= 0.3 is 0 Å². The number of amides is 1. The van der Waals surface area contributed by atoms with Gasteiger partial charge in [0.25, 0.3) is 0 Å². The Morgan fingerprint density at radius 3 is 2.58 bits per heavy atom. The lowest BCUT2D eigenvalue weighted by atomic mass is 9.67. The van der Waals surface area contributed by atoms with E-state index in [2.05, 4.69) is 22.0 Å². The summed E-state index contributed by atoms with van der Waals surface area (Å²) in [6.07, 6.45) is 5.73. The first-order chi connectivity index (χ1) is 12.6. The first-order valence-electron chi connectivity index (χ1n) is 9.22. The third kappa shape index (κ3) is 3.06. The van der Waals surface area contributed by atoms with Gasteiger partial charge in [-0.15, -0.1) is 0 Å². The highest BCUT2D eigenvalue weighted by molar-refractivity contribution is 5.84. The zero-order valence-electron chi connectivity index (χ0n) is 15.1. The van der Waals surface area contributed by atoms with E-state index in [4.69, 9.17) is 0 Å². The monoisotopic (exact) mass is 353 g/mol. The van der Waals surface area contributed by atoms with E-state index >= 15 is 0 Å². The van der Waals surface area contributed by atoms with Gasteiger partial charge in [0.1, 0.15) is 0 Å². The van der Waals surface area contributed by atoms with Crippen LogP contribution in [0.4, 0.5) is 10.1 Å². The van der Waals surface area contributed by atoms with Gasteiger partial charge in [-0.2, -0.15) is 0 Å². The lowest BCUT2D eigenvalue weighted by molar-refractivity contribution is -0.138. The van der Waals surface area contributed by atoms with Crippen molar-refractivity contribution in [3.05, 3.63) is 60.2 Å². The van der Waals surface area contributed by atoms with Crippen molar-refractivity contribution < 1.29 is 9.18 Å². The van der Waals surface area contributed by atoms with Crippen LogP contribution in [0.15, 0.2) is 48.8 Å². The minimum atomic E-state index is -0.262. The summed E-state index contributed by atoms with van der Waals surface area (Å²) < 4.78 is 14.0. The number of carbonyl (C=O) groups is 1. The summed E-state index contributed by atoms with van der Waals surface area (Å²) in [6.45, 7) is 2.41.